The first kappa shape index (κ1) is 23.0. The van der Waals surface area contributed by atoms with Crippen LogP contribution in [0.2, 0.25) is 0 Å². The molecule has 9 nitrogen and oxygen atoms in total. The van der Waals surface area contributed by atoms with Crippen LogP contribution in [0.25, 0.3) is 0 Å². The van der Waals surface area contributed by atoms with Crippen molar-refractivity contribution >= 4 is 33.5 Å². The number of hydrogen-bond acceptors (Lipinski definition) is 10. The normalized spacial score (nSPS) is 31.4. The van der Waals surface area contributed by atoms with Crippen molar-refractivity contribution in [1.82, 2.24) is 0 Å². The Labute approximate surface area is 179 Å². The van der Waals surface area contributed by atoms with Gasteiger partial charge in [-0.1, -0.05) is 18.2 Å². The van der Waals surface area contributed by atoms with Crippen molar-refractivity contribution in [3.05, 3.63) is 30.3 Å². The van der Waals surface area contributed by atoms with Crippen LogP contribution in [0.4, 0.5) is 0 Å². The summed E-state index contributed by atoms with van der Waals surface area (Å²) >= 11 is 1.18. The number of thioether (sulfide) groups is 1. The summed E-state index contributed by atoms with van der Waals surface area (Å²) in [5.74, 6) is -1.40. The minimum absolute atomic E-state index is 0.0804. The van der Waals surface area contributed by atoms with Crippen molar-refractivity contribution in [1.29, 1.82) is 0 Å². The van der Waals surface area contributed by atoms with Crippen LogP contribution in [0.15, 0.2) is 35.2 Å². The Kier molecular flexibility index (Phi) is 7.40. The maximum Gasteiger partial charge on any atom is 0.303 e. The molecule has 3 rings (SSSR count). The third-order valence-electron chi connectivity index (χ3n) is 4.64. The van der Waals surface area contributed by atoms with Gasteiger partial charge in [-0.15, -0.1) is 11.8 Å². The second kappa shape index (κ2) is 9.65. The van der Waals surface area contributed by atoms with Gasteiger partial charge in [0.2, 0.25) is 0 Å². The summed E-state index contributed by atoms with van der Waals surface area (Å²) in [6.07, 6.45) is -3.36. The maximum absolute atomic E-state index is 12.7. The van der Waals surface area contributed by atoms with Gasteiger partial charge in [-0.3, -0.25) is 9.59 Å². The van der Waals surface area contributed by atoms with E-state index in [1.165, 1.54) is 44.9 Å². The number of sulfone groups is 1. The average Bonchev–Trinajstić information content (AvgIpc) is 2.69. The molecule has 0 amide bonds. The summed E-state index contributed by atoms with van der Waals surface area (Å²) in [5.41, 5.74) is -0.713. The molecular weight excluding hydrogens is 436 g/mol. The molecule has 1 unspecified atom stereocenters. The molecule has 0 bridgehead atoms. The molecule has 166 valence electrons. The van der Waals surface area contributed by atoms with Crippen LogP contribution in [0.1, 0.15) is 13.8 Å². The Bertz CT molecular complexity index is 858. The molecule has 11 heteroatoms. The molecule has 1 aromatic carbocycles. The van der Waals surface area contributed by atoms with Gasteiger partial charge in [-0.25, -0.2) is 8.42 Å². The van der Waals surface area contributed by atoms with Crippen LogP contribution in [0, 0.1) is 0 Å². The lowest BCUT2D eigenvalue weighted by molar-refractivity contribution is -0.272. The van der Waals surface area contributed by atoms with Crippen LogP contribution in [-0.2, 0) is 43.1 Å². The average molecular weight is 461 g/mol. The third-order valence-corrected chi connectivity index (χ3v) is 8.08. The molecule has 2 aliphatic rings. The lowest BCUT2D eigenvalue weighted by atomic mass is 10.0. The highest BCUT2D eigenvalue weighted by Crippen LogP contribution is 2.40. The Morgan fingerprint density at radius 3 is 2.33 bits per heavy atom. The first-order valence-corrected chi connectivity index (χ1v) is 11.9. The summed E-state index contributed by atoms with van der Waals surface area (Å²) in [7, 11) is -2.20. The minimum Gasteiger partial charge on any atom is -0.457 e. The summed E-state index contributed by atoms with van der Waals surface area (Å²) < 4.78 is 53.1. The topological polar surface area (TPSA) is 114 Å². The van der Waals surface area contributed by atoms with E-state index in [-0.39, 0.29) is 17.3 Å². The van der Waals surface area contributed by atoms with E-state index in [1.54, 1.807) is 18.2 Å². The molecule has 30 heavy (non-hydrogen) atoms. The summed E-state index contributed by atoms with van der Waals surface area (Å²) in [6.45, 7) is 2.56. The van der Waals surface area contributed by atoms with E-state index >= 15 is 0 Å². The van der Waals surface area contributed by atoms with Crippen molar-refractivity contribution in [3.8, 4) is 0 Å². The molecule has 0 saturated carbocycles. The van der Waals surface area contributed by atoms with E-state index in [2.05, 4.69) is 0 Å². The van der Waals surface area contributed by atoms with Gasteiger partial charge in [-0.05, 0) is 12.1 Å². The molecular formula is C19H24O9S2. The second-order valence-corrected chi connectivity index (χ2v) is 10.3. The standard InChI is InChI=1S/C19H24O9S2/c1-11(20)26-16-17(27-12(2)21)19(24-3)28-14-9-25-15(29-18(14)16)10-30(22,23)13-7-5-4-6-8-13/h4-8,14-19H,9-10H2,1-3H3/t14-,15?,16-,17-,18-,19+/m1/s1. The zero-order valence-corrected chi connectivity index (χ0v) is 18.4. The van der Waals surface area contributed by atoms with Gasteiger partial charge < -0.3 is 23.7 Å². The fourth-order valence-electron chi connectivity index (χ4n) is 3.42. The van der Waals surface area contributed by atoms with Crippen LogP contribution < -0.4 is 0 Å². The molecule has 0 radical (unpaired) electrons. The fraction of sp³-hybridized carbons (Fsp3) is 0.579. The molecule has 2 saturated heterocycles. The number of carbonyl (C=O) groups is 2. The number of rotatable bonds is 6. The SMILES string of the molecule is CO[C@H]1O[C@@H]2COC(CS(=O)(=O)c3ccccc3)S[C@H]2[C@H](OC(C)=O)[C@H]1OC(C)=O. The molecule has 0 spiro atoms. The van der Waals surface area contributed by atoms with E-state index in [0.29, 0.717) is 0 Å². The molecule has 2 fully saturated rings. The van der Waals surface area contributed by atoms with Gasteiger partial charge in [-0.2, -0.15) is 0 Å². The quantitative estimate of drug-likeness (QED) is 0.573. The number of hydrogen-bond donors (Lipinski definition) is 0. The minimum atomic E-state index is -3.59. The van der Waals surface area contributed by atoms with Crippen LogP contribution in [0.3, 0.4) is 0 Å². The van der Waals surface area contributed by atoms with Gasteiger partial charge in [0.25, 0.3) is 0 Å². The first-order chi connectivity index (χ1) is 14.2. The number of methoxy groups -OCH3 is 1. The predicted molar refractivity (Wildman–Crippen MR) is 106 cm³/mol. The van der Waals surface area contributed by atoms with Gasteiger partial charge in [0.15, 0.2) is 28.3 Å². The zero-order valence-electron chi connectivity index (χ0n) is 16.8. The van der Waals surface area contributed by atoms with Crippen LogP contribution in [0.5, 0.6) is 0 Å². The first-order valence-electron chi connectivity index (χ1n) is 9.29. The smallest absolute Gasteiger partial charge is 0.303 e. The van der Waals surface area contributed by atoms with E-state index < -0.39 is 57.1 Å². The highest BCUT2D eigenvalue weighted by atomic mass is 32.2. The van der Waals surface area contributed by atoms with Gasteiger partial charge in [0.1, 0.15) is 5.44 Å². The lowest BCUT2D eigenvalue weighted by Gasteiger charge is -2.47. The second-order valence-electron chi connectivity index (χ2n) is 6.88. The van der Waals surface area contributed by atoms with Crippen molar-refractivity contribution in [2.24, 2.45) is 0 Å². The Morgan fingerprint density at radius 2 is 1.73 bits per heavy atom. The van der Waals surface area contributed by atoms with Gasteiger partial charge >= 0.3 is 11.9 Å². The predicted octanol–water partition coefficient (Wildman–Crippen LogP) is 1.15. The highest BCUT2D eigenvalue weighted by Gasteiger charge is 2.53. The van der Waals surface area contributed by atoms with E-state index in [1.807, 2.05) is 0 Å². The highest BCUT2D eigenvalue weighted by molar-refractivity contribution is 8.01. The zero-order chi connectivity index (χ0) is 21.9. The fourth-order valence-corrected chi connectivity index (χ4v) is 6.68. The molecule has 2 heterocycles. The number of esters is 2. The Hall–Kier alpha value is -1.66. The molecule has 0 aromatic heterocycles. The third kappa shape index (κ3) is 5.33. The van der Waals surface area contributed by atoms with Crippen molar-refractivity contribution < 1.29 is 41.7 Å². The number of benzene rings is 1. The monoisotopic (exact) mass is 460 g/mol. The Morgan fingerprint density at radius 1 is 1.10 bits per heavy atom. The van der Waals surface area contributed by atoms with Crippen LogP contribution >= 0.6 is 11.8 Å². The van der Waals surface area contributed by atoms with E-state index in [9.17, 15) is 18.0 Å². The molecule has 1 aromatic rings. The van der Waals surface area contributed by atoms with Gasteiger partial charge in [0, 0.05) is 21.0 Å². The maximum atomic E-state index is 12.7. The number of carbonyl (C=O) groups excluding carboxylic acids is 2. The van der Waals surface area contributed by atoms with Gasteiger partial charge in [0.05, 0.1) is 28.6 Å². The summed E-state index contributed by atoms with van der Waals surface area (Å²) in [5, 5.41) is -0.505. The summed E-state index contributed by atoms with van der Waals surface area (Å²) in [6, 6.07) is 8.09. The van der Waals surface area contributed by atoms with Crippen molar-refractivity contribution in [2.45, 2.75) is 54.0 Å². The molecule has 6 atom stereocenters. The largest absolute Gasteiger partial charge is 0.457 e. The number of ether oxygens (including phenoxy) is 5. The summed E-state index contributed by atoms with van der Waals surface area (Å²) in [4.78, 5) is 23.5. The molecule has 0 aliphatic carbocycles. The molecule has 0 N–H and O–H groups in total. The lowest BCUT2D eigenvalue weighted by Crippen LogP contribution is -2.62. The van der Waals surface area contributed by atoms with Crippen molar-refractivity contribution in [2.75, 3.05) is 19.5 Å². The van der Waals surface area contributed by atoms with Crippen LogP contribution in [-0.4, -0.2) is 75.1 Å². The molecule has 2 aliphatic heterocycles. The Balaban J connectivity index is 1.81. The number of fused-ring (bicyclic) bond motifs is 1. The van der Waals surface area contributed by atoms with Crippen molar-refractivity contribution in [3.63, 3.8) is 0 Å². The van der Waals surface area contributed by atoms with E-state index in [0.717, 1.165) is 0 Å². The van der Waals surface area contributed by atoms with E-state index in [4.69, 9.17) is 23.7 Å².